The highest BCUT2D eigenvalue weighted by Gasteiger charge is 2.28. The van der Waals surface area contributed by atoms with Gasteiger partial charge in [0.15, 0.2) is 0 Å². The van der Waals surface area contributed by atoms with Gasteiger partial charge in [-0.2, -0.15) is 0 Å². The Labute approximate surface area is 110 Å². The molecule has 1 heterocycles. The molecule has 2 atom stereocenters. The third-order valence-electron chi connectivity index (χ3n) is 3.59. The first kappa shape index (κ1) is 13.4. The standard InChI is InChI=1S/C12H17ClN2O3/c1-3-9-10(13)14-12(17)15(11(9)16)7-4-5-8(6-7)18-2/h7-8H,3-6H2,1-2H3,(H,14,17). The number of hydrogen-bond donors (Lipinski definition) is 1. The van der Waals surface area contributed by atoms with Crippen molar-refractivity contribution < 1.29 is 4.74 Å². The van der Waals surface area contributed by atoms with Crippen LogP contribution < -0.4 is 11.2 Å². The summed E-state index contributed by atoms with van der Waals surface area (Å²) in [6, 6.07) is -0.0891. The molecule has 1 fully saturated rings. The summed E-state index contributed by atoms with van der Waals surface area (Å²) in [6.45, 7) is 1.85. The molecule has 1 aromatic rings. The second kappa shape index (κ2) is 5.28. The Bertz CT molecular complexity index is 549. The SMILES string of the molecule is CCc1c(Cl)[nH]c(=O)n(C2CCC(OC)C2)c1=O. The van der Waals surface area contributed by atoms with Crippen molar-refractivity contribution in [1.82, 2.24) is 9.55 Å². The van der Waals surface area contributed by atoms with E-state index in [2.05, 4.69) is 4.98 Å². The van der Waals surface area contributed by atoms with Crippen LogP contribution in [0.2, 0.25) is 5.15 Å². The fraction of sp³-hybridized carbons (Fsp3) is 0.667. The summed E-state index contributed by atoms with van der Waals surface area (Å²) < 4.78 is 6.56. The van der Waals surface area contributed by atoms with Crippen molar-refractivity contribution in [1.29, 1.82) is 0 Å². The number of ether oxygens (including phenoxy) is 1. The summed E-state index contributed by atoms with van der Waals surface area (Å²) in [5, 5.41) is 0.157. The molecule has 5 nitrogen and oxygen atoms in total. The highest BCUT2D eigenvalue weighted by atomic mass is 35.5. The average Bonchev–Trinajstić information content (AvgIpc) is 2.77. The monoisotopic (exact) mass is 272 g/mol. The third kappa shape index (κ3) is 2.24. The van der Waals surface area contributed by atoms with Crippen molar-refractivity contribution in [3.63, 3.8) is 0 Å². The second-order valence-electron chi connectivity index (χ2n) is 4.58. The first-order valence-electron chi connectivity index (χ1n) is 6.14. The minimum absolute atomic E-state index is 0.0891. The molecule has 0 spiro atoms. The number of methoxy groups -OCH3 is 1. The van der Waals surface area contributed by atoms with Crippen LogP contribution in [0.3, 0.4) is 0 Å². The smallest absolute Gasteiger partial charge is 0.329 e. The fourth-order valence-electron chi connectivity index (χ4n) is 2.57. The Kier molecular flexibility index (Phi) is 3.92. The van der Waals surface area contributed by atoms with Gasteiger partial charge in [0.2, 0.25) is 0 Å². The van der Waals surface area contributed by atoms with Gasteiger partial charge in [0.05, 0.1) is 11.7 Å². The van der Waals surface area contributed by atoms with Gasteiger partial charge in [0.25, 0.3) is 5.56 Å². The van der Waals surface area contributed by atoms with Gasteiger partial charge in [-0.1, -0.05) is 18.5 Å². The maximum atomic E-state index is 12.2. The number of halogens is 1. The summed E-state index contributed by atoms with van der Waals surface area (Å²) in [5.41, 5.74) is -0.228. The topological polar surface area (TPSA) is 64.1 Å². The van der Waals surface area contributed by atoms with Gasteiger partial charge in [0.1, 0.15) is 5.15 Å². The fourth-order valence-corrected chi connectivity index (χ4v) is 2.86. The predicted octanol–water partition coefficient (Wildman–Crippen LogP) is 1.49. The lowest BCUT2D eigenvalue weighted by atomic mass is 10.2. The van der Waals surface area contributed by atoms with E-state index in [0.717, 1.165) is 12.8 Å². The molecule has 2 rings (SSSR count). The molecule has 1 aliphatic rings. The number of nitrogens with zero attached hydrogens (tertiary/aromatic N) is 1. The molecular weight excluding hydrogens is 256 g/mol. The highest BCUT2D eigenvalue weighted by molar-refractivity contribution is 6.30. The molecule has 0 bridgehead atoms. The van der Waals surface area contributed by atoms with Gasteiger partial charge in [-0.15, -0.1) is 0 Å². The molecule has 0 amide bonds. The summed E-state index contributed by atoms with van der Waals surface area (Å²) >= 11 is 5.88. The van der Waals surface area contributed by atoms with Gasteiger partial charge in [-0.25, -0.2) is 4.79 Å². The van der Waals surface area contributed by atoms with E-state index in [9.17, 15) is 9.59 Å². The Hall–Kier alpha value is -1.07. The number of hydrogen-bond acceptors (Lipinski definition) is 3. The predicted molar refractivity (Wildman–Crippen MR) is 69.4 cm³/mol. The molecule has 0 saturated heterocycles. The van der Waals surface area contributed by atoms with Crippen molar-refractivity contribution in [2.45, 2.75) is 44.8 Å². The van der Waals surface area contributed by atoms with E-state index in [1.165, 1.54) is 4.57 Å². The number of aromatic amines is 1. The first-order chi connectivity index (χ1) is 8.58. The van der Waals surface area contributed by atoms with Crippen LogP contribution in [0.15, 0.2) is 9.59 Å². The maximum absolute atomic E-state index is 12.2. The lowest BCUT2D eigenvalue weighted by Crippen LogP contribution is -2.39. The number of nitrogens with one attached hydrogen (secondary N) is 1. The summed E-state index contributed by atoms with van der Waals surface area (Å²) in [7, 11) is 1.65. The van der Waals surface area contributed by atoms with Crippen LogP contribution in [0.5, 0.6) is 0 Å². The molecule has 2 unspecified atom stereocenters. The summed E-state index contributed by atoms with van der Waals surface area (Å²) in [6.07, 6.45) is 2.99. The van der Waals surface area contributed by atoms with Crippen molar-refractivity contribution in [3.05, 3.63) is 31.6 Å². The zero-order valence-corrected chi connectivity index (χ0v) is 11.3. The molecule has 18 heavy (non-hydrogen) atoms. The Balaban J connectivity index is 2.46. The molecule has 0 aliphatic heterocycles. The largest absolute Gasteiger partial charge is 0.381 e. The summed E-state index contributed by atoms with van der Waals surface area (Å²) in [5.74, 6) is 0. The summed E-state index contributed by atoms with van der Waals surface area (Å²) in [4.78, 5) is 26.7. The quantitative estimate of drug-likeness (QED) is 0.848. The average molecular weight is 273 g/mol. The second-order valence-corrected chi connectivity index (χ2v) is 4.95. The van der Waals surface area contributed by atoms with Crippen molar-refractivity contribution in [3.8, 4) is 0 Å². The third-order valence-corrected chi connectivity index (χ3v) is 3.91. The lowest BCUT2D eigenvalue weighted by molar-refractivity contribution is 0.105. The molecule has 1 aliphatic carbocycles. The number of H-pyrrole nitrogens is 1. The molecule has 6 heteroatoms. The van der Waals surface area contributed by atoms with Crippen LogP contribution in [0.25, 0.3) is 0 Å². The van der Waals surface area contributed by atoms with E-state index in [-0.39, 0.29) is 22.9 Å². The van der Waals surface area contributed by atoms with E-state index in [0.29, 0.717) is 18.4 Å². The first-order valence-corrected chi connectivity index (χ1v) is 6.52. The minimum Gasteiger partial charge on any atom is -0.381 e. The van der Waals surface area contributed by atoms with Gasteiger partial charge in [-0.05, 0) is 25.7 Å². The van der Waals surface area contributed by atoms with Crippen LogP contribution in [-0.4, -0.2) is 22.8 Å². The Morgan fingerprint density at radius 2 is 2.17 bits per heavy atom. The van der Waals surface area contributed by atoms with Crippen LogP contribution in [0.4, 0.5) is 0 Å². The normalized spacial score (nSPS) is 23.5. The highest BCUT2D eigenvalue weighted by Crippen LogP contribution is 2.29. The van der Waals surface area contributed by atoms with E-state index in [4.69, 9.17) is 16.3 Å². The molecular formula is C12H17ClN2O3. The lowest BCUT2D eigenvalue weighted by Gasteiger charge is -2.14. The van der Waals surface area contributed by atoms with E-state index < -0.39 is 5.69 Å². The van der Waals surface area contributed by atoms with Crippen LogP contribution in [0, 0.1) is 0 Å². The van der Waals surface area contributed by atoms with Crippen LogP contribution in [0.1, 0.15) is 37.8 Å². The molecule has 100 valence electrons. The molecule has 1 aromatic heterocycles. The zero-order valence-electron chi connectivity index (χ0n) is 10.5. The van der Waals surface area contributed by atoms with E-state index >= 15 is 0 Å². The van der Waals surface area contributed by atoms with E-state index in [1.54, 1.807) is 7.11 Å². The maximum Gasteiger partial charge on any atom is 0.329 e. The number of aromatic nitrogens is 2. The Morgan fingerprint density at radius 3 is 2.72 bits per heavy atom. The van der Waals surface area contributed by atoms with Gasteiger partial charge in [0, 0.05) is 13.2 Å². The number of rotatable bonds is 3. The molecule has 0 aromatic carbocycles. The zero-order chi connectivity index (χ0) is 13.3. The van der Waals surface area contributed by atoms with Crippen LogP contribution in [-0.2, 0) is 11.2 Å². The molecule has 1 N–H and O–H groups in total. The molecule has 0 radical (unpaired) electrons. The van der Waals surface area contributed by atoms with Crippen molar-refractivity contribution in [2.75, 3.05) is 7.11 Å². The molecule has 1 saturated carbocycles. The van der Waals surface area contributed by atoms with Gasteiger partial charge >= 0.3 is 5.69 Å². The van der Waals surface area contributed by atoms with Crippen molar-refractivity contribution >= 4 is 11.6 Å². The van der Waals surface area contributed by atoms with Gasteiger partial charge < -0.3 is 4.74 Å². The van der Waals surface area contributed by atoms with Crippen molar-refractivity contribution in [2.24, 2.45) is 0 Å². The van der Waals surface area contributed by atoms with Crippen LogP contribution >= 0.6 is 11.6 Å². The van der Waals surface area contributed by atoms with Gasteiger partial charge in [-0.3, -0.25) is 14.3 Å². The van der Waals surface area contributed by atoms with E-state index in [1.807, 2.05) is 6.92 Å². The Morgan fingerprint density at radius 1 is 1.44 bits per heavy atom. The minimum atomic E-state index is -0.427.